The Kier molecular flexibility index (Phi) is 3.79. The third-order valence-electron chi connectivity index (χ3n) is 2.42. The molecule has 0 bridgehead atoms. The lowest BCUT2D eigenvalue weighted by Gasteiger charge is -2.08. The van der Waals surface area contributed by atoms with Gasteiger partial charge in [-0.15, -0.1) is 0 Å². The Hall–Kier alpha value is -2.37. The molecule has 2 heterocycles. The second-order valence-corrected chi connectivity index (χ2v) is 4.52. The average molecular weight is 261 g/mol. The number of carbonyl (C=O) groups is 1. The Morgan fingerprint density at radius 2 is 2.32 bits per heavy atom. The van der Waals surface area contributed by atoms with E-state index in [-0.39, 0.29) is 0 Å². The summed E-state index contributed by atoms with van der Waals surface area (Å²) in [6.45, 7) is 4.63. The fourth-order valence-corrected chi connectivity index (χ4v) is 1.60. The highest BCUT2D eigenvalue weighted by atomic mass is 16.5. The van der Waals surface area contributed by atoms with Crippen molar-refractivity contribution in [3.63, 3.8) is 0 Å². The van der Waals surface area contributed by atoms with Crippen molar-refractivity contribution in [1.29, 1.82) is 0 Å². The van der Waals surface area contributed by atoms with Crippen LogP contribution in [0.25, 0.3) is 17.1 Å². The second-order valence-electron chi connectivity index (χ2n) is 4.52. The van der Waals surface area contributed by atoms with Gasteiger partial charge in [-0.1, -0.05) is 13.8 Å². The number of hydrogen-bond donors (Lipinski definition) is 2. The summed E-state index contributed by atoms with van der Waals surface area (Å²) < 4.78 is 5.63. The lowest BCUT2D eigenvalue weighted by atomic mass is 10.2. The van der Waals surface area contributed by atoms with Crippen LogP contribution in [0, 0.1) is 5.92 Å². The normalized spacial score (nSPS) is 11.5. The van der Waals surface area contributed by atoms with Crippen molar-refractivity contribution in [3.8, 4) is 5.88 Å². The van der Waals surface area contributed by atoms with Gasteiger partial charge in [-0.2, -0.15) is 0 Å². The molecule has 0 aliphatic carbocycles. The Labute approximate surface area is 110 Å². The standard InChI is InChI=1S/C13H15N3O3/c1-8(2)6-19-13-11-9(3-4-10(17)18)5-14-12(11)15-7-16-13/h3-5,7-8H,6H2,1-2H3,(H,17,18)(H,14,15,16). The Morgan fingerprint density at radius 1 is 1.53 bits per heavy atom. The highest BCUT2D eigenvalue weighted by Crippen LogP contribution is 2.26. The zero-order chi connectivity index (χ0) is 13.8. The van der Waals surface area contributed by atoms with Gasteiger partial charge < -0.3 is 14.8 Å². The van der Waals surface area contributed by atoms with E-state index in [2.05, 4.69) is 15.0 Å². The number of nitrogens with one attached hydrogen (secondary N) is 1. The lowest BCUT2D eigenvalue weighted by molar-refractivity contribution is -0.131. The molecule has 0 unspecified atom stereocenters. The zero-order valence-corrected chi connectivity index (χ0v) is 10.8. The van der Waals surface area contributed by atoms with Crippen LogP contribution in [0.3, 0.4) is 0 Å². The number of carboxylic acids is 1. The van der Waals surface area contributed by atoms with E-state index >= 15 is 0 Å². The van der Waals surface area contributed by atoms with Crippen molar-refractivity contribution < 1.29 is 14.6 Å². The number of aromatic amines is 1. The molecule has 2 N–H and O–H groups in total. The molecule has 0 aliphatic rings. The first-order valence-electron chi connectivity index (χ1n) is 5.94. The molecule has 100 valence electrons. The molecule has 2 aromatic rings. The van der Waals surface area contributed by atoms with Gasteiger partial charge in [0.2, 0.25) is 5.88 Å². The first-order valence-corrected chi connectivity index (χ1v) is 5.94. The van der Waals surface area contributed by atoms with Gasteiger partial charge in [0.15, 0.2) is 0 Å². The maximum atomic E-state index is 10.6. The molecule has 0 aliphatic heterocycles. The summed E-state index contributed by atoms with van der Waals surface area (Å²) in [6.07, 6.45) is 5.66. The molecule has 0 fully saturated rings. The molecule has 0 aromatic carbocycles. The van der Waals surface area contributed by atoms with E-state index < -0.39 is 5.97 Å². The van der Waals surface area contributed by atoms with Crippen LogP contribution in [-0.2, 0) is 4.79 Å². The molecule has 0 saturated carbocycles. The van der Waals surface area contributed by atoms with Gasteiger partial charge in [0.1, 0.15) is 12.0 Å². The number of carboxylic acid groups (broad SMARTS) is 1. The molecule has 0 saturated heterocycles. The highest BCUT2D eigenvalue weighted by Gasteiger charge is 2.11. The first-order chi connectivity index (χ1) is 9.08. The smallest absolute Gasteiger partial charge is 0.328 e. The van der Waals surface area contributed by atoms with E-state index in [4.69, 9.17) is 9.84 Å². The van der Waals surface area contributed by atoms with Crippen molar-refractivity contribution in [1.82, 2.24) is 15.0 Å². The number of rotatable bonds is 5. The zero-order valence-electron chi connectivity index (χ0n) is 10.8. The minimum Gasteiger partial charge on any atom is -0.478 e. The maximum absolute atomic E-state index is 10.6. The first kappa shape index (κ1) is 13.1. The summed E-state index contributed by atoms with van der Waals surface area (Å²) in [7, 11) is 0. The van der Waals surface area contributed by atoms with Gasteiger partial charge in [0, 0.05) is 17.8 Å². The number of H-pyrrole nitrogens is 1. The van der Waals surface area contributed by atoms with Crippen molar-refractivity contribution >= 4 is 23.1 Å². The van der Waals surface area contributed by atoms with Gasteiger partial charge in [-0.3, -0.25) is 0 Å². The number of hydrogen-bond acceptors (Lipinski definition) is 4. The number of fused-ring (bicyclic) bond motifs is 1. The molecular weight excluding hydrogens is 246 g/mol. The average Bonchev–Trinajstić information content (AvgIpc) is 2.77. The van der Waals surface area contributed by atoms with Crippen LogP contribution in [0.5, 0.6) is 5.88 Å². The Morgan fingerprint density at radius 3 is 3.00 bits per heavy atom. The van der Waals surface area contributed by atoms with Crippen LogP contribution >= 0.6 is 0 Å². The largest absolute Gasteiger partial charge is 0.478 e. The SMILES string of the molecule is CC(C)COc1ncnc2[nH]cc(C=CC(=O)O)c12. The quantitative estimate of drug-likeness (QED) is 0.804. The van der Waals surface area contributed by atoms with Crippen molar-refractivity contribution in [2.45, 2.75) is 13.8 Å². The third-order valence-corrected chi connectivity index (χ3v) is 2.42. The molecule has 19 heavy (non-hydrogen) atoms. The molecule has 2 rings (SSSR count). The van der Waals surface area contributed by atoms with E-state index in [1.807, 2.05) is 13.8 Å². The number of aromatic nitrogens is 3. The number of ether oxygens (including phenoxy) is 1. The molecule has 0 spiro atoms. The summed E-state index contributed by atoms with van der Waals surface area (Å²) in [4.78, 5) is 21.7. The fraction of sp³-hybridized carbons (Fsp3) is 0.308. The van der Waals surface area contributed by atoms with Crippen molar-refractivity contribution in [3.05, 3.63) is 24.2 Å². The van der Waals surface area contributed by atoms with Crippen molar-refractivity contribution in [2.24, 2.45) is 5.92 Å². The van der Waals surface area contributed by atoms with Gasteiger partial charge in [0.05, 0.1) is 12.0 Å². The van der Waals surface area contributed by atoms with Crippen LogP contribution in [0.2, 0.25) is 0 Å². The van der Waals surface area contributed by atoms with E-state index in [9.17, 15) is 4.79 Å². The molecule has 0 radical (unpaired) electrons. The van der Waals surface area contributed by atoms with Crippen LogP contribution in [-0.4, -0.2) is 32.6 Å². The molecule has 6 nitrogen and oxygen atoms in total. The third kappa shape index (κ3) is 3.09. The fourth-order valence-electron chi connectivity index (χ4n) is 1.60. The Balaban J connectivity index is 2.40. The summed E-state index contributed by atoms with van der Waals surface area (Å²) in [5.41, 5.74) is 1.32. The molecule has 0 atom stereocenters. The Bertz CT molecular complexity index is 617. The summed E-state index contributed by atoms with van der Waals surface area (Å²) in [5, 5.41) is 9.37. The summed E-state index contributed by atoms with van der Waals surface area (Å²) in [6, 6.07) is 0. The van der Waals surface area contributed by atoms with E-state index in [1.54, 1.807) is 6.20 Å². The van der Waals surface area contributed by atoms with Crippen molar-refractivity contribution in [2.75, 3.05) is 6.61 Å². The van der Waals surface area contributed by atoms with E-state index in [1.165, 1.54) is 12.4 Å². The number of nitrogens with zero attached hydrogens (tertiary/aromatic N) is 2. The number of aliphatic carboxylic acids is 1. The summed E-state index contributed by atoms with van der Waals surface area (Å²) >= 11 is 0. The molecular formula is C13H15N3O3. The van der Waals surface area contributed by atoms with Gasteiger partial charge >= 0.3 is 5.97 Å². The highest BCUT2D eigenvalue weighted by molar-refractivity contribution is 5.94. The predicted molar refractivity (Wildman–Crippen MR) is 70.9 cm³/mol. The summed E-state index contributed by atoms with van der Waals surface area (Å²) in [5.74, 6) is -0.164. The molecule has 6 heteroatoms. The van der Waals surface area contributed by atoms with Crippen LogP contribution in [0.1, 0.15) is 19.4 Å². The second kappa shape index (κ2) is 5.51. The minimum absolute atomic E-state index is 0.377. The minimum atomic E-state index is -1.00. The maximum Gasteiger partial charge on any atom is 0.328 e. The van der Waals surface area contributed by atoms with E-state index in [0.29, 0.717) is 35.0 Å². The van der Waals surface area contributed by atoms with Crippen LogP contribution < -0.4 is 4.74 Å². The van der Waals surface area contributed by atoms with Crippen LogP contribution in [0.15, 0.2) is 18.6 Å². The van der Waals surface area contributed by atoms with E-state index in [0.717, 1.165) is 6.08 Å². The van der Waals surface area contributed by atoms with Gasteiger partial charge in [-0.25, -0.2) is 14.8 Å². The van der Waals surface area contributed by atoms with Gasteiger partial charge in [0.25, 0.3) is 0 Å². The van der Waals surface area contributed by atoms with Crippen LogP contribution in [0.4, 0.5) is 0 Å². The monoisotopic (exact) mass is 261 g/mol. The predicted octanol–water partition coefficient (Wildman–Crippen LogP) is 2.09. The molecule has 2 aromatic heterocycles. The lowest BCUT2D eigenvalue weighted by Crippen LogP contribution is -2.06. The molecule has 0 amide bonds. The van der Waals surface area contributed by atoms with Gasteiger partial charge in [-0.05, 0) is 12.0 Å². The topological polar surface area (TPSA) is 88.1 Å².